The summed E-state index contributed by atoms with van der Waals surface area (Å²) >= 11 is 0. The van der Waals surface area contributed by atoms with Crippen LogP contribution >= 0.6 is 0 Å². The van der Waals surface area contributed by atoms with Gasteiger partial charge in [0.1, 0.15) is 0 Å². The average Bonchev–Trinajstić information content (AvgIpc) is 2.86. The van der Waals surface area contributed by atoms with Gasteiger partial charge in [-0.2, -0.15) is 0 Å². The highest BCUT2D eigenvalue weighted by molar-refractivity contribution is 6.34. The van der Waals surface area contributed by atoms with E-state index in [-0.39, 0.29) is 6.42 Å². The zero-order valence-electron chi connectivity index (χ0n) is 13.6. The van der Waals surface area contributed by atoms with Crippen LogP contribution in [0.4, 0.5) is 5.69 Å². The fourth-order valence-corrected chi connectivity index (χ4v) is 2.95. The minimum atomic E-state index is -1.18. The van der Waals surface area contributed by atoms with Crippen molar-refractivity contribution in [2.75, 3.05) is 4.90 Å². The van der Waals surface area contributed by atoms with Gasteiger partial charge in [-0.25, -0.2) is 4.90 Å². The molecule has 2 aromatic carbocycles. The molecule has 2 aromatic rings. The number of nitrogens with zero attached hydrogens (tertiary/aromatic N) is 1. The van der Waals surface area contributed by atoms with E-state index in [1.165, 1.54) is 0 Å². The Morgan fingerprint density at radius 1 is 0.885 bits per heavy atom. The van der Waals surface area contributed by atoms with E-state index in [0.29, 0.717) is 22.4 Å². The van der Waals surface area contributed by atoms with Gasteiger partial charge >= 0.3 is 11.9 Å². The summed E-state index contributed by atoms with van der Waals surface area (Å²) in [5.74, 6) is -4.23. The molecule has 0 bridgehead atoms. The Morgan fingerprint density at radius 2 is 1.42 bits per heavy atom. The van der Waals surface area contributed by atoms with Gasteiger partial charge in [-0.05, 0) is 36.2 Å². The summed E-state index contributed by atoms with van der Waals surface area (Å²) in [6.45, 7) is 0. The van der Waals surface area contributed by atoms with E-state index < -0.39 is 36.1 Å². The SMILES string of the molecule is O=C(O)CC(Cc1ccc(N2C(=O)c3ccccc3C2=O)cc1)C(=O)O. The van der Waals surface area contributed by atoms with Gasteiger partial charge in [0, 0.05) is 0 Å². The highest BCUT2D eigenvalue weighted by Gasteiger charge is 2.36. The van der Waals surface area contributed by atoms with Crippen molar-refractivity contribution >= 4 is 29.4 Å². The highest BCUT2D eigenvalue weighted by atomic mass is 16.4. The van der Waals surface area contributed by atoms with Crippen molar-refractivity contribution in [2.45, 2.75) is 12.8 Å². The predicted molar refractivity (Wildman–Crippen MR) is 91.1 cm³/mol. The molecular formula is C19H15NO6. The van der Waals surface area contributed by atoms with Gasteiger partial charge in [-0.3, -0.25) is 19.2 Å². The maximum absolute atomic E-state index is 12.4. The molecule has 0 spiro atoms. The van der Waals surface area contributed by atoms with Gasteiger partial charge in [-0.1, -0.05) is 24.3 Å². The topological polar surface area (TPSA) is 112 Å². The minimum absolute atomic E-state index is 0.0457. The molecule has 1 heterocycles. The molecule has 1 unspecified atom stereocenters. The van der Waals surface area contributed by atoms with Gasteiger partial charge < -0.3 is 10.2 Å². The molecule has 0 saturated heterocycles. The van der Waals surface area contributed by atoms with Crippen LogP contribution in [0.25, 0.3) is 0 Å². The molecule has 0 fully saturated rings. The van der Waals surface area contributed by atoms with Gasteiger partial charge in [0.25, 0.3) is 11.8 Å². The number of aliphatic carboxylic acids is 2. The number of carboxylic acid groups (broad SMARTS) is 2. The molecule has 0 aromatic heterocycles. The first-order valence-corrected chi connectivity index (χ1v) is 7.90. The Balaban J connectivity index is 1.80. The third-order valence-electron chi connectivity index (χ3n) is 4.24. The van der Waals surface area contributed by atoms with Crippen molar-refractivity contribution in [2.24, 2.45) is 5.92 Å². The molecule has 2 amide bonds. The molecular weight excluding hydrogens is 338 g/mol. The van der Waals surface area contributed by atoms with E-state index in [4.69, 9.17) is 10.2 Å². The van der Waals surface area contributed by atoms with Crippen molar-refractivity contribution < 1.29 is 29.4 Å². The van der Waals surface area contributed by atoms with E-state index in [1.54, 1.807) is 48.5 Å². The molecule has 0 aliphatic carbocycles. The number of carbonyl (C=O) groups excluding carboxylic acids is 2. The smallest absolute Gasteiger partial charge is 0.307 e. The summed E-state index contributed by atoms with van der Waals surface area (Å²) in [4.78, 5) is 47.9. The molecule has 26 heavy (non-hydrogen) atoms. The maximum Gasteiger partial charge on any atom is 0.307 e. The number of rotatable bonds is 6. The van der Waals surface area contributed by atoms with E-state index in [9.17, 15) is 19.2 Å². The Labute approximate surface area is 148 Å². The van der Waals surface area contributed by atoms with Gasteiger partial charge in [0.2, 0.25) is 0 Å². The maximum atomic E-state index is 12.4. The predicted octanol–water partition coefficient (Wildman–Crippen LogP) is 2.21. The molecule has 1 aliphatic heterocycles. The normalized spacial score (nSPS) is 14.2. The third-order valence-corrected chi connectivity index (χ3v) is 4.24. The Kier molecular flexibility index (Phi) is 4.53. The largest absolute Gasteiger partial charge is 0.481 e. The Morgan fingerprint density at radius 3 is 1.88 bits per heavy atom. The molecule has 7 nitrogen and oxygen atoms in total. The number of hydrogen-bond donors (Lipinski definition) is 2. The molecule has 0 radical (unpaired) electrons. The first-order valence-electron chi connectivity index (χ1n) is 7.90. The second-order valence-corrected chi connectivity index (χ2v) is 5.99. The van der Waals surface area contributed by atoms with E-state index in [2.05, 4.69) is 0 Å². The monoisotopic (exact) mass is 353 g/mol. The zero-order valence-corrected chi connectivity index (χ0v) is 13.6. The number of hydrogen-bond acceptors (Lipinski definition) is 4. The van der Waals surface area contributed by atoms with Crippen molar-refractivity contribution in [3.05, 3.63) is 65.2 Å². The number of imide groups is 1. The van der Waals surface area contributed by atoms with Gasteiger partial charge in [0.15, 0.2) is 0 Å². The molecule has 1 aliphatic rings. The lowest BCUT2D eigenvalue weighted by Gasteiger charge is -2.15. The van der Waals surface area contributed by atoms with E-state index >= 15 is 0 Å². The average molecular weight is 353 g/mol. The van der Waals surface area contributed by atoms with E-state index in [1.807, 2.05) is 0 Å². The van der Waals surface area contributed by atoms with Crippen LogP contribution in [0.1, 0.15) is 32.7 Å². The summed E-state index contributed by atoms with van der Waals surface area (Å²) in [7, 11) is 0. The van der Waals surface area contributed by atoms with Crippen LogP contribution in [0.3, 0.4) is 0 Å². The second-order valence-electron chi connectivity index (χ2n) is 5.99. The van der Waals surface area contributed by atoms with Crippen molar-refractivity contribution in [3.63, 3.8) is 0 Å². The lowest BCUT2D eigenvalue weighted by atomic mass is 9.96. The summed E-state index contributed by atoms with van der Waals surface area (Å²) in [6.07, 6.45) is -0.431. The van der Waals surface area contributed by atoms with Crippen molar-refractivity contribution in [1.29, 1.82) is 0 Å². The van der Waals surface area contributed by atoms with Crippen LogP contribution in [-0.4, -0.2) is 34.0 Å². The number of fused-ring (bicyclic) bond motifs is 1. The fraction of sp³-hybridized carbons (Fsp3) is 0.158. The number of carboxylic acids is 2. The summed E-state index contributed by atoms with van der Waals surface area (Å²) < 4.78 is 0. The molecule has 7 heteroatoms. The number of amides is 2. The quantitative estimate of drug-likeness (QED) is 0.770. The number of anilines is 1. The lowest BCUT2D eigenvalue weighted by Crippen LogP contribution is -2.29. The minimum Gasteiger partial charge on any atom is -0.481 e. The standard InChI is InChI=1S/C19H15NO6/c21-16(22)10-12(19(25)26)9-11-5-7-13(8-6-11)20-17(23)14-3-1-2-4-15(14)18(20)24/h1-8,12H,9-10H2,(H,21,22)(H,25,26). The van der Waals surface area contributed by atoms with Crippen LogP contribution < -0.4 is 4.90 Å². The van der Waals surface area contributed by atoms with Crippen LogP contribution in [0.15, 0.2) is 48.5 Å². The molecule has 3 rings (SSSR count). The Bertz CT molecular complexity index is 868. The Hall–Kier alpha value is -3.48. The summed E-state index contributed by atoms with van der Waals surface area (Å²) in [6, 6.07) is 12.8. The lowest BCUT2D eigenvalue weighted by molar-refractivity contribution is -0.148. The van der Waals surface area contributed by atoms with E-state index in [0.717, 1.165) is 4.90 Å². The van der Waals surface area contributed by atoms with Crippen molar-refractivity contribution in [1.82, 2.24) is 0 Å². The zero-order chi connectivity index (χ0) is 18.8. The van der Waals surface area contributed by atoms with Crippen LogP contribution in [0.5, 0.6) is 0 Å². The molecule has 1 atom stereocenters. The summed E-state index contributed by atoms with van der Waals surface area (Å²) in [5, 5.41) is 17.9. The molecule has 132 valence electrons. The van der Waals surface area contributed by atoms with Crippen LogP contribution in [-0.2, 0) is 16.0 Å². The van der Waals surface area contributed by atoms with Crippen molar-refractivity contribution in [3.8, 4) is 0 Å². The van der Waals surface area contributed by atoms with Gasteiger partial charge in [-0.15, -0.1) is 0 Å². The molecule has 2 N–H and O–H groups in total. The van der Waals surface area contributed by atoms with Crippen LogP contribution in [0.2, 0.25) is 0 Å². The first kappa shape index (κ1) is 17.3. The summed E-state index contributed by atoms with van der Waals surface area (Å²) in [5.41, 5.74) is 1.67. The van der Waals surface area contributed by atoms with Gasteiger partial charge in [0.05, 0.1) is 29.2 Å². The highest BCUT2D eigenvalue weighted by Crippen LogP contribution is 2.28. The second kappa shape index (κ2) is 6.79. The molecule has 0 saturated carbocycles. The first-order chi connectivity index (χ1) is 12.4. The fourth-order valence-electron chi connectivity index (χ4n) is 2.95. The van der Waals surface area contributed by atoms with Crippen LogP contribution in [0, 0.1) is 5.92 Å². The third kappa shape index (κ3) is 3.19. The number of benzene rings is 2. The number of carbonyl (C=O) groups is 4.